The minimum absolute atomic E-state index is 0.132. The fourth-order valence-electron chi connectivity index (χ4n) is 2.57. The summed E-state index contributed by atoms with van der Waals surface area (Å²) in [6, 6.07) is 2.25. The Labute approximate surface area is 142 Å². The lowest BCUT2D eigenvalue weighted by Gasteiger charge is -2.09. The Balaban J connectivity index is 1.64. The summed E-state index contributed by atoms with van der Waals surface area (Å²) in [5.74, 6) is 0.910. The average molecular weight is 347 g/mol. The number of nitrogens with one attached hydrogen (secondary N) is 2. The summed E-state index contributed by atoms with van der Waals surface area (Å²) in [6.07, 6.45) is 5.01. The third-order valence-electron chi connectivity index (χ3n) is 3.71. The van der Waals surface area contributed by atoms with Gasteiger partial charge in [0.25, 0.3) is 0 Å². The quantitative estimate of drug-likeness (QED) is 0.811. The Hall–Kier alpha value is -1.85. The highest BCUT2D eigenvalue weighted by atomic mass is 32.2. The molecule has 0 fully saturated rings. The van der Waals surface area contributed by atoms with Gasteiger partial charge in [-0.3, -0.25) is 9.89 Å². The minimum Gasteiger partial charge on any atom is -0.316 e. The second-order valence-corrected chi connectivity index (χ2v) is 7.33. The van der Waals surface area contributed by atoms with Gasteiger partial charge in [0.15, 0.2) is 0 Å². The number of anilines is 1. The van der Waals surface area contributed by atoms with Crippen LogP contribution in [0.4, 0.5) is 5.00 Å². The molecule has 0 unspecified atom stereocenters. The molecule has 1 aliphatic carbocycles. The van der Waals surface area contributed by atoms with E-state index in [9.17, 15) is 10.1 Å². The maximum Gasteiger partial charge on any atom is 0.235 e. The Morgan fingerprint density at radius 3 is 3.04 bits per heavy atom. The number of nitriles is 1. The fraction of sp³-hybridized carbons (Fsp3) is 0.467. The lowest BCUT2D eigenvalue weighted by Crippen LogP contribution is -2.14. The van der Waals surface area contributed by atoms with Gasteiger partial charge in [0, 0.05) is 11.3 Å². The van der Waals surface area contributed by atoms with Crippen LogP contribution in [-0.4, -0.2) is 26.8 Å². The molecule has 2 N–H and O–H groups in total. The molecule has 1 aliphatic rings. The van der Waals surface area contributed by atoms with Crippen molar-refractivity contribution >= 4 is 34.0 Å². The molecule has 0 aliphatic heterocycles. The Morgan fingerprint density at radius 1 is 1.48 bits per heavy atom. The summed E-state index contributed by atoms with van der Waals surface area (Å²) in [5, 5.41) is 20.4. The van der Waals surface area contributed by atoms with Crippen LogP contribution < -0.4 is 5.32 Å². The molecule has 0 aromatic carbocycles. The first-order valence-electron chi connectivity index (χ1n) is 7.59. The van der Waals surface area contributed by atoms with E-state index in [1.807, 2.05) is 6.92 Å². The van der Waals surface area contributed by atoms with Gasteiger partial charge < -0.3 is 5.32 Å². The van der Waals surface area contributed by atoms with Gasteiger partial charge in [0.05, 0.1) is 11.3 Å². The number of amides is 1. The highest BCUT2D eigenvalue weighted by molar-refractivity contribution is 7.99. The van der Waals surface area contributed by atoms with E-state index in [0.29, 0.717) is 15.7 Å². The van der Waals surface area contributed by atoms with E-state index in [1.54, 1.807) is 11.3 Å². The third kappa shape index (κ3) is 3.57. The smallest absolute Gasteiger partial charge is 0.235 e. The summed E-state index contributed by atoms with van der Waals surface area (Å²) in [5.41, 5.74) is 1.78. The van der Waals surface area contributed by atoms with E-state index in [0.717, 1.165) is 43.5 Å². The van der Waals surface area contributed by atoms with Gasteiger partial charge in [0.1, 0.15) is 16.9 Å². The van der Waals surface area contributed by atoms with Crippen LogP contribution in [0.5, 0.6) is 0 Å². The van der Waals surface area contributed by atoms with E-state index in [2.05, 4.69) is 26.6 Å². The fourth-order valence-corrected chi connectivity index (χ4v) is 4.44. The minimum atomic E-state index is -0.132. The molecule has 8 heteroatoms. The second kappa shape index (κ2) is 7.15. The van der Waals surface area contributed by atoms with Crippen molar-refractivity contribution in [3.8, 4) is 6.07 Å². The van der Waals surface area contributed by atoms with Crippen LogP contribution in [0.25, 0.3) is 0 Å². The van der Waals surface area contributed by atoms with Crippen molar-refractivity contribution < 1.29 is 4.79 Å². The van der Waals surface area contributed by atoms with Gasteiger partial charge in [-0.25, -0.2) is 4.98 Å². The topological polar surface area (TPSA) is 94.5 Å². The Kier molecular flexibility index (Phi) is 4.98. The van der Waals surface area contributed by atoms with Crippen molar-refractivity contribution in [3.05, 3.63) is 21.8 Å². The number of hydrogen-bond donors (Lipinski definition) is 2. The molecule has 0 radical (unpaired) electrons. The summed E-state index contributed by atoms with van der Waals surface area (Å²) in [7, 11) is 0. The number of H-pyrrole nitrogens is 1. The highest BCUT2D eigenvalue weighted by Gasteiger charge is 2.21. The normalized spacial score (nSPS) is 13.4. The van der Waals surface area contributed by atoms with Crippen molar-refractivity contribution in [2.45, 2.75) is 44.2 Å². The number of thiophene rings is 1. The molecule has 0 spiro atoms. The Bertz CT molecular complexity index is 758. The van der Waals surface area contributed by atoms with E-state index < -0.39 is 0 Å². The van der Waals surface area contributed by atoms with Crippen LogP contribution in [0, 0.1) is 11.3 Å². The number of carbonyl (C=O) groups is 1. The molecule has 2 heterocycles. The van der Waals surface area contributed by atoms with E-state index >= 15 is 0 Å². The first kappa shape index (κ1) is 16.0. The van der Waals surface area contributed by atoms with Crippen LogP contribution in [0.1, 0.15) is 41.6 Å². The Morgan fingerprint density at radius 2 is 2.30 bits per heavy atom. The van der Waals surface area contributed by atoms with Crippen LogP contribution >= 0.6 is 23.1 Å². The van der Waals surface area contributed by atoms with E-state index in [-0.39, 0.29) is 11.7 Å². The molecule has 0 saturated carbocycles. The first-order chi connectivity index (χ1) is 11.2. The van der Waals surface area contributed by atoms with Crippen LogP contribution in [0.15, 0.2) is 5.16 Å². The third-order valence-corrected chi connectivity index (χ3v) is 5.77. The van der Waals surface area contributed by atoms with Gasteiger partial charge in [0.2, 0.25) is 11.1 Å². The van der Waals surface area contributed by atoms with Gasteiger partial charge in [-0.1, -0.05) is 18.7 Å². The SMILES string of the molecule is CCc1nc(SCC(=O)Nc2sc3c(c2C#N)CCCC3)n[nH]1. The van der Waals surface area contributed by atoms with Crippen molar-refractivity contribution in [1.29, 1.82) is 5.26 Å². The monoisotopic (exact) mass is 347 g/mol. The summed E-state index contributed by atoms with van der Waals surface area (Å²) < 4.78 is 0. The van der Waals surface area contributed by atoms with Gasteiger partial charge in [-0.15, -0.1) is 16.4 Å². The number of aromatic nitrogens is 3. The lowest BCUT2D eigenvalue weighted by molar-refractivity contribution is -0.113. The number of carbonyl (C=O) groups excluding carboxylic acids is 1. The molecule has 2 aromatic rings. The summed E-state index contributed by atoms with van der Waals surface area (Å²) in [6.45, 7) is 1.99. The number of aryl methyl sites for hydroxylation is 2. The zero-order valence-electron chi connectivity index (χ0n) is 12.8. The molecule has 0 atom stereocenters. The summed E-state index contributed by atoms with van der Waals surface area (Å²) in [4.78, 5) is 17.7. The molecule has 3 rings (SSSR count). The van der Waals surface area contributed by atoms with Crippen LogP contribution in [-0.2, 0) is 24.1 Å². The van der Waals surface area contributed by atoms with Crippen LogP contribution in [0.2, 0.25) is 0 Å². The molecule has 23 heavy (non-hydrogen) atoms. The molecular formula is C15H17N5OS2. The molecule has 0 saturated heterocycles. The predicted molar refractivity (Wildman–Crippen MR) is 90.8 cm³/mol. The number of hydrogen-bond acceptors (Lipinski definition) is 6. The predicted octanol–water partition coefficient (Wildman–Crippen LogP) is 2.91. The number of thioether (sulfide) groups is 1. The van der Waals surface area contributed by atoms with Gasteiger partial charge >= 0.3 is 0 Å². The maximum atomic E-state index is 12.1. The number of aromatic amines is 1. The maximum absolute atomic E-state index is 12.1. The molecule has 0 bridgehead atoms. The molecule has 1 amide bonds. The average Bonchev–Trinajstić information content (AvgIpc) is 3.16. The molecule has 6 nitrogen and oxygen atoms in total. The largest absolute Gasteiger partial charge is 0.316 e. The van der Waals surface area contributed by atoms with Crippen molar-refractivity contribution in [3.63, 3.8) is 0 Å². The zero-order chi connectivity index (χ0) is 16.2. The zero-order valence-corrected chi connectivity index (χ0v) is 14.4. The second-order valence-electron chi connectivity index (χ2n) is 5.28. The van der Waals surface area contributed by atoms with Crippen molar-refractivity contribution in [2.75, 3.05) is 11.1 Å². The standard InChI is InChI=1S/C15H17N5OS2/c1-2-12-17-15(20-19-12)22-8-13(21)18-14-10(7-16)9-5-3-4-6-11(9)23-14/h2-6,8H2,1H3,(H,18,21)(H,17,19,20). The molecular weight excluding hydrogens is 330 g/mol. The van der Waals surface area contributed by atoms with Crippen molar-refractivity contribution in [1.82, 2.24) is 15.2 Å². The number of fused-ring (bicyclic) bond motifs is 1. The van der Waals surface area contributed by atoms with Gasteiger partial charge in [-0.2, -0.15) is 5.26 Å². The number of rotatable bonds is 5. The lowest BCUT2D eigenvalue weighted by atomic mass is 9.96. The summed E-state index contributed by atoms with van der Waals surface area (Å²) >= 11 is 2.83. The van der Waals surface area contributed by atoms with E-state index in [4.69, 9.17) is 0 Å². The van der Waals surface area contributed by atoms with E-state index in [1.165, 1.54) is 16.6 Å². The number of nitrogens with zero attached hydrogens (tertiary/aromatic N) is 3. The van der Waals surface area contributed by atoms with Crippen LogP contribution in [0.3, 0.4) is 0 Å². The first-order valence-corrected chi connectivity index (χ1v) is 9.40. The molecule has 2 aromatic heterocycles. The van der Waals surface area contributed by atoms with Gasteiger partial charge in [-0.05, 0) is 31.2 Å². The molecule has 120 valence electrons. The van der Waals surface area contributed by atoms with Crippen molar-refractivity contribution in [2.24, 2.45) is 0 Å². The highest BCUT2D eigenvalue weighted by Crippen LogP contribution is 2.37.